The average molecular weight is 572 g/mol. The van der Waals surface area contributed by atoms with Crippen LogP contribution in [0.3, 0.4) is 0 Å². The molecule has 38 heavy (non-hydrogen) atoms. The van der Waals surface area contributed by atoms with Crippen molar-refractivity contribution in [1.82, 2.24) is 0 Å². The smallest absolute Gasteiger partial charge is 0.470 e. The van der Waals surface area contributed by atoms with Gasteiger partial charge in [0, 0.05) is 11.1 Å². The fourth-order valence-electron chi connectivity index (χ4n) is 3.49. The zero-order chi connectivity index (χ0) is 28.3. The molecule has 0 spiro atoms. The third kappa shape index (κ3) is 7.26. The number of carbonyl (C=O) groups excluding carboxylic acids is 1. The highest BCUT2D eigenvalue weighted by atomic mass is 31.2. The number of aliphatic hydroxyl groups excluding tert-OH is 1. The van der Waals surface area contributed by atoms with E-state index in [0.29, 0.717) is 0 Å². The predicted molar refractivity (Wildman–Crippen MR) is 113 cm³/mol. The topological polar surface area (TPSA) is 132 Å². The van der Waals surface area contributed by atoms with Gasteiger partial charge in [0.2, 0.25) is 5.76 Å². The van der Waals surface area contributed by atoms with Crippen LogP contribution >= 0.6 is 7.82 Å². The molecule has 3 N–H and O–H groups in total. The number of alkyl halides is 6. The Labute approximate surface area is 210 Å². The summed E-state index contributed by atoms with van der Waals surface area (Å²) in [5.74, 6) is -3.01. The van der Waals surface area contributed by atoms with Gasteiger partial charge in [-0.3, -0.25) is 4.52 Å². The van der Waals surface area contributed by atoms with Crippen LogP contribution in [-0.4, -0.2) is 39.7 Å². The number of esters is 1. The Morgan fingerprint density at radius 1 is 0.868 bits per heavy atom. The van der Waals surface area contributed by atoms with Crippen LogP contribution < -0.4 is 0 Å². The van der Waals surface area contributed by atoms with Gasteiger partial charge in [0.1, 0.15) is 19.3 Å². The first-order chi connectivity index (χ1) is 17.6. The van der Waals surface area contributed by atoms with E-state index in [1.165, 1.54) is 12.1 Å². The van der Waals surface area contributed by atoms with Crippen LogP contribution in [0.2, 0.25) is 0 Å². The first kappa shape index (κ1) is 29.5. The van der Waals surface area contributed by atoms with Crippen molar-refractivity contribution in [2.45, 2.75) is 37.8 Å². The van der Waals surface area contributed by atoms with Crippen molar-refractivity contribution in [3.8, 4) is 0 Å². The first-order valence-corrected chi connectivity index (χ1v) is 12.0. The number of carbonyl (C=O) groups is 1. The maximum absolute atomic E-state index is 13.4. The standard InChI is InChI=1S/C22H19F6O9P/c23-21(24,25)14-7-3-1-5-12(14)10-34-18-17(16(9-29)37-38(31,32)33)36-20(30)19(18)35-11-13-6-2-4-8-15(13)22(26,27)28/h1-8,16-17,29H,9-11H2,(H2,31,32,33)/t16-,17+/m0/s1. The Morgan fingerprint density at radius 2 is 1.34 bits per heavy atom. The fraction of sp³-hybridized carbons (Fsp3) is 0.318. The molecule has 3 rings (SSSR count). The van der Waals surface area contributed by atoms with Crippen molar-refractivity contribution in [3.63, 3.8) is 0 Å². The Balaban J connectivity index is 1.98. The van der Waals surface area contributed by atoms with Crippen LogP contribution in [0.5, 0.6) is 0 Å². The van der Waals surface area contributed by atoms with Gasteiger partial charge in [0.05, 0.1) is 17.7 Å². The van der Waals surface area contributed by atoms with Crippen LogP contribution in [0.25, 0.3) is 0 Å². The number of cyclic esters (lactones) is 1. The number of hydrogen-bond donors (Lipinski definition) is 3. The Kier molecular flexibility index (Phi) is 8.79. The SMILES string of the molecule is O=C1O[C@H]([C@H](CO)OP(=O)(O)O)C(OCc2ccccc2C(F)(F)F)=C1OCc1ccccc1C(F)(F)F. The van der Waals surface area contributed by atoms with Crippen molar-refractivity contribution < 1.29 is 69.3 Å². The Hall–Kier alpha value is -3.10. The summed E-state index contributed by atoms with van der Waals surface area (Å²) >= 11 is 0. The van der Waals surface area contributed by atoms with E-state index in [4.69, 9.17) is 24.0 Å². The molecule has 9 nitrogen and oxygen atoms in total. The average Bonchev–Trinajstić information content (AvgIpc) is 3.13. The molecule has 1 aliphatic heterocycles. The molecule has 2 aromatic carbocycles. The summed E-state index contributed by atoms with van der Waals surface area (Å²) in [6.07, 6.45) is -13.5. The van der Waals surface area contributed by atoms with Gasteiger partial charge in [0.15, 0.2) is 11.9 Å². The highest BCUT2D eigenvalue weighted by Gasteiger charge is 2.45. The summed E-state index contributed by atoms with van der Waals surface area (Å²) in [6.45, 7) is -2.92. The van der Waals surface area contributed by atoms with Crippen LogP contribution in [0, 0.1) is 0 Å². The van der Waals surface area contributed by atoms with Gasteiger partial charge < -0.3 is 29.1 Å². The fourth-order valence-corrected chi connectivity index (χ4v) is 4.02. The molecule has 0 unspecified atom stereocenters. The second kappa shape index (κ2) is 11.3. The van der Waals surface area contributed by atoms with Gasteiger partial charge in [-0.1, -0.05) is 36.4 Å². The van der Waals surface area contributed by atoms with Crippen LogP contribution in [-0.2, 0) is 53.7 Å². The van der Waals surface area contributed by atoms with E-state index < -0.39 is 91.9 Å². The molecule has 2 aromatic rings. The molecule has 0 amide bonds. The highest BCUT2D eigenvalue weighted by Crippen LogP contribution is 2.42. The third-order valence-corrected chi connectivity index (χ3v) is 5.64. The first-order valence-electron chi connectivity index (χ1n) is 10.5. The molecule has 0 aliphatic carbocycles. The van der Waals surface area contributed by atoms with Gasteiger partial charge in [0.25, 0.3) is 0 Å². The molecule has 0 fully saturated rings. The van der Waals surface area contributed by atoms with Crippen LogP contribution in [0.4, 0.5) is 26.3 Å². The van der Waals surface area contributed by atoms with E-state index in [9.17, 15) is 40.8 Å². The minimum Gasteiger partial charge on any atom is -0.485 e. The number of phosphoric acid groups is 1. The molecule has 1 heterocycles. The molecule has 0 radical (unpaired) electrons. The zero-order valence-electron chi connectivity index (χ0n) is 18.9. The molecule has 0 saturated heterocycles. The third-order valence-electron chi connectivity index (χ3n) is 5.09. The van der Waals surface area contributed by atoms with E-state index >= 15 is 0 Å². The van der Waals surface area contributed by atoms with Crippen LogP contribution in [0.1, 0.15) is 22.3 Å². The van der Waals surface area contributed by atoms with Crippen LogP contribution in [0.15, 0.2) is 60.0 Å². The molecule has 208 valence electrons. The van der Waals surface area contributed by atoms with Crippen molar-refractivity contribution in [2.75, 3.05) is 6.61 Å². The van der Waals surface area contributed by atoms with Gasteiger partial charge in [-0.05, 0) is 12.1 Å². The number of phosphoric ester groups is 1. The molecule has 16 heteroatoms. The predicted octanol–water partition coefficient (Wildman–Crippen LogP) is 4.06. The summed E-state index contributed by atoms with van der Waals surface area (Å²) < 4.78 is 111. The maximum atomic E-state index is 13.4. The summed E-state index contributed by atoms with van der Waals surface area (Å²) in [7, 11) is -5.30. The monoisotopic (exact) mass is 572 g/mol. The van der Waals surface area contributed by atoms with Crippen molar-refractivity contribution in [3.05, 3.63) is 82.3 Å². The van der Waals surface area contributed by atoms with Gasteiger partial charge >= 0.3 is 26.1 Å². The summed E-state index contributed by atoms with van der Waals surface area (Å²) in [6, 6.07) is 8.35. The second-order valence-electron chi connectivity index (χ2n) is 7.72. The van der Waals surface area contributed by atoms with E-state index in [1.54, 1.807) is 0 Å². The molecular weight excluding hydrogens is 553 g/mol. The number of halogens is 6. The molecule has 2 atom stereocenters. The zero-order valence-corrected chi connectivity index (χ0v) is 19.8. The highest BCUT2D eigenvalue weighted by molar-refractivity contribution is 7.46. The quantitative estimate of drug-likeness (QED) is 0.219. The number of rotatable bonds is 10. The molecule has 0 bridgehead atoms. The minimum absolute atomic E-state index is 0.421. The van der Waals surface area contributed by atoms with E-state index in [2.05, 4.69) is 4.52 Å². The number of hydrogen-bond acceptors (Lipinski definition) is 7. The van der Waals surface area contributed by atoms with E-state index in [0.717, 1.165) is 36.4 Å². The van der Waals surface area contributed by atoms with Crippen molar-refractivity contribution in [2.24, 2.45) is 0 Å². The van der Waals surface area contributed by atoms with Gasteiger partial charge in [-0.15, -0.1) is 0 Å². The van der Waals surface area contributed by atoms with E-state index in [1.807, 2.05) is 0 Å². The Bertz CT molecular complexity index is 1240. The Morgan fingerprint density at radius 3 is 1.79 bits per heavy atom. The van der Waals surface area contributed by atoms with Crippen molar-refractivity contribution >= 4 is 13.8 Å². The molecule has 1 aliphatic rings. The lowest BCUT2D eigenvalue weighted by Crippen LogP contribution is -2.34. The summed E-state index contributed by atoms with van der Waals surface area (Å²) in [5, 5.41) is 9.56. The lowest BCUT2D eigenvalue weighted by atomic mass is 10.1. The summed E-state index contributed by atoms with van der Waals surface area (Å²) in [5.41, 5.74) is -3.04. The second-order valence-corrected chi connectivity index (χ2v) is 8.92. The molecular formula is C22H19F6O9P. The van der Waals surface area contributed by atoms with Crippen molar-refractivity contribution in [1.29, 1.82) is 0 Å². The summed E-state index contributed by atoms with van der Waals surface area (Å²) in [4.78, 5) is 30.7. The van der Waals surface area contributed by atoms with Gasteiger partial charge in [-0.2, -0.15) is 26.3 Å². The number of ether oxygens (including phenoxy) is 3. The number of aliphatic hydroxyl groups is 1. The lowest BCUT2D eigenvalue weighted by Gasteiger charge is -2.23. The minimum atomic E-state index is -5.30. The lowest BCUT2D eigenvalue weighted by molar-refractivity contribution is -0.148. The van der Waals surface area contributed by atoms with E-state index in [-0.39, 0.29) is 0 Å². The normalized spacial score (nSPS) is 17.4. The molecule has 0 saturated carbocycles. The molecule has 0 aromatic heterocycles. The number of benzene rings is 2. The van der Waals surface area contributed by atoms with Gasteiger partial charge in [-0.25, -0.2) is 9.36 Å². The largest absolute Gasteiger partial charge is 0.485 e. The maximum Gasteiger partial charge on any atom is 0.470 e.